The van der Waals surface area contributed by atoms with Crippen LogP contribution in [0.25, 0.3) is 11.1 Å². The SMILES string of the molecule is CC1CN(C(=O)[C@@H]2OCC[C@@H]2CNC(=O)OCC2c3ccccc3-c3ccccc32)CC1C(=O)O. The maximum Gasteiger partial charge on any atom is 0.407 e. The lowest BCUT2D eigenvalue weighted by Gasteiger charge is -2.24. The molecule has 35 heavy (non-hydrogen) atoms. The number of aliphatic carboxylic acids is 1. The maximum atomic E-state index is 13.0. The number of carbonyl (C=O) groups excluding carboxylic acids is 2. The number of carboxylic acids is 1. The van der Waals surface area contributed by atoms with E-state index >= 15 is 0 Å². The van der Waals surface area contributed by atoms with E-state index in [1.54, 1.807) is 4.90 Å². The first-order valence-corrected chi connectivity index (χ1v) is 12.2. The molecule has 2 amide bonds. The number of benzene rings is 2. The fourth-order valence-electron chi connectivity index (χ4n) is 5.63. The summed E-state index contributed by atoms with van der Waals surface area (Å²) in [6.45, 7) is 3.37. The number of amides is 2. The summed E-state index contributed by atoms with van der Waals surface area (Å²) in [5.74, 6) is -1.93. The van der Waals surface area contributed by atoms with Gasteiger partial charge in [-0.15, -0.1) is 0 Å². The third-order valence-electron chi connectivity index (χ3n) is 7.55. The smallest absolute Gasteiger partial charge is 0.407 e. The van der Waals surface area contributed by atoms with Gasteiger partial charge >= 0.3 is 12.1 Å². The summed E-state index contributed by atoms with van der Waals surface area (Å²) >= 11 is 0. The van der Waals surface area contributed by atoms with E-state index in [-0.39, 0.29) is 43.4 Å². The van der Waals surface area contributed by atoms with Crippen molar-refractivity contribution in [1.82, 2.24) is 10.2 Å². The normalized spacial score (nSPS) is 25.2. The number of alkyl carbamates (subject to hydrolysis) is 1. The minimum Gasteiger partial charge on any atom is -0.481 e. The monoisotopic (exact) mass is 478 g/mol. The van der Waals surface area contributed by atoms with Crippen LogP contribution in [0.3, 0.4) is 0 Å². The van der Waals surface area contributed by atoms with Crippen LogP contribution in [0.4, 0.5) is 4.79 Å². The summed E-state index contributed by atoms with van der Waals surface area (Å²) in [7, 11) is 0. The summed E-state index contributed by atoms with van der Waals surface area (Å²) < 4.78 is 11.3. The fourth-order valence-corrected chi connectivity index (χ4v) is 5.63. The van der Waals surface area contributed by atoms with Crippen molar-refractivity contribution in [2.24, 2.45) is 17.8 Å². The van der Waals surface area contributed by atoms with Gasteiger partial charge in [-0.25, -0.2) is 4.79 Å². The molecule has 2 aromatic carbocycles. The zero-order valence-corrected chi connectivity index (χ0v) is 19.7. The second-order valence-corrected chi connectivity index (χ2v) is 9.71. The van der Waals surface area contributed by atoms with E-state index in [4.69, 9.17) is 9.47 Å². The van der Waals surface area contributed by atoms with E-state index in [1.807, 2.05) is 31.2 Å². The molecule has 2 aliphatic heterocycles. The number of ether oxygens (including phenoxy) is 2. The van der Waals surface area contributed by atoms with Crippen LogP contribution in [0.15, 0.2) is 48.5 Å². The van der Waals surface area contributed by atoms with Crippen LogP contribution in [0, 0.1) is 17.8 Å². The highest BCUT2D eigenvalue weighted by Gasteiger charge is 2.43. The molecule has 8 heteroatoms. The number of carboxylic acid groups (broad SMARTS) is 1. The van der Waals surface area contributed by atoms with Gasteiger partial charge in [0.15, 0.2) is 0 Å². The zero-order valence-electron chi connectivity index (χ0n) is 19.7. The lowest BCUT2D eigenvalue weighted by Crippen LogP contribution is -2.44. The Morgan fingerprint density at radius 1 is 1.06 bits per heavy atom. The molecule has 2 saturated heterocycles. The minimum absolute atomic E-state index is 0.0170. The molecule has 2 fully saturated rings. The van der Waals surface area contributed by atoms with Crippen molar-refractivity contribution >= 4 is 18.0 Å². The molecule has 2 heterocycles. The molecule has 5 rings (SSSR count). The fraction of sp³-hybridized carbons (Fsp3) is 0.444. The molecule has 2 N–H and O–H groups in total. The molecular formula is C27H30N2O6. The van der Waals surface area contributed by atoms with Gasteiger partial charge in [0.1, 0.15) is 12.7 Å². The molecule has 0 radical (unpaired) electrons. The molecule has 0 aromatic heterocycles. The molecule has 2 unspecified atom stereocenters. The van der Waals surface area contributed by atoms with E-state index in [0.29, 0.717) is 19.6 Å². The van der Waals surface area contributed by atoms with Crippen LogP contribution in [-0.4, -0.2) is 66.9 Å². The van der Waals surface area contributed by atoms with Crippen molar-refractivity contribution in [3.05, 3.63) is 59.7 Å². The van der Waals surface area contributed by atoms with Crippen molar-refractivity contribution in [2.45, 2.75) is 25.4 Å². The number of nitrogens with one attached hydrogen (secondary N) is 1. The number of hydrogen-bond acceptors (Lipinski definition) is 5. The highest BCUT2D eigenvalue weighted by atomic mass is 16.5. The highest BCUT2D eigenvalue weighted by molar-refractivity contribution is 5.83. The number of likely N-dealkylation sites (tertiary alicyclic amines) is 1. The van der Waals surface area contributed by atoms with E-state index in [1.165, 1.54) is 11.1 Å². The molecule has 3 aliphatic rings. The standard InChI is InChI=1S/C27H30N2O6/c1-16-13-29(14-22(16)26(31)32)25(30)24-17(10-11-34-24)12-28-27(33)35-15-23-20-8-4-2-6-18(20)19-7-3-5-9-21(19)23/h2-9,16-17,22-24H,10-15H2,1H3,(H,28,33)(H,31,32)/t16?,17-,22?,24-/m1/s1. The third kappa shape index (κ3) is 4.50. The Balaban J connectivity index is 1.15. The number of hydrogen-bond donors (Lipinski definition) is 2. The summed E-state index contributed by atoms with van der Waals surface area (Å²) in [4.78, 5) is 38.5. The highest BCUT2D eigenvalue weighted by Crippen LogP contribution is 2.44. The van der Waals surface area contributed by atoms with Crippen molar-refractivity contribution in [3.63, 3.8) is 0 Å². The first-order chi connectivity index (χ1) is 16.9. The number of nitrogens with zero attached hydrogens (tertiary/aromatic N) is 1. The first kappa shape index (κ1) is 23.4. The van der Waals surface area contributed by atoms with Gasteiger partial charge in [-0.05, 0) is 34.6 Å². The molecule has 1 aliphatic carbocycles. The van der Waals surface area contributed by atoms with Gasteiger partial charge in [-0.3, -0.25) is 9.59 Å². The molecule has 2 aromatic rings. The van der Waals surface area contributed by atoms with E-state index in [0.717, 1.165) is 11.1 Å². The van der Waals surface area contributed by atoms with Crippen LogP contribution in [0.1, 0.15) is 30.4 Å². The van der Waals surface area contributed by atoms with E-state index in [2.05, 4.69) is 29.6 Å². The quantitative estimate of drug-likeness (QED) is 0.661. The average molecular weight is 479 g/mol. The molecule has 184 valence electrons. The summed E-state index contributed by atoms with van der Waals surface area (Å²) in [5.41, 5.74) is 4.64. The topological polar surface area (TPSA) is 105 Å². The number of fused-ring (bicyclic) bond motifs is 3. The van der Waals surface area contributed by atoms with Crippen LogP contribution in [0.2, 0.25) is 0 Å². The predicted octanol–water partition coefficient (Wildman–Crippen LogP) is 3.11. The Bertz CT molecular complexity index is 1090. The second kappa shape index (κ2) is 9.70. The lowest BCUT2D eigenvalue weighted by molar-refractivity contribution is -0.143. The molecule has 0 saturated carbocycles. The number of carbonyl (C=O) groups is 3. The van der Waals surface area contributed by atoms with Crippen LogP contribution in [0.5, 0.6) is 0 Å². The van der Waals surface area contributed by atoms with Crippen LogP contribution >= 0.6 is 0 Å². The Hall–Kier alpha value is -3.39. The molecule has 0 bridgehead atoms. The van der Waals surface area contributed by atoms with Gasteiger partial charge in [0.2, 0.25) is 0 Å². The van der Waals surface area contributed by atoms with Gasteiger partial charge in [0, 0.05) is 38.1 Å². The van der Waals surface area contributed by atoms with Crippen LogP contribution < -0.4 is 5.32 Å². The van der Waals surface area contributed by atoms with Gasteiger partial charge in [-0.2, -0.15) is 0 Å². The van der Waals surface area contributed by atoms with E-state index < -0.39 is 24.1 Å². The van der Waals surface area contributed by atoms with Crippen molar-refractivity contribution in [1.29, 1.82) is 0 Å². The Labute approximate surface area is 204 Å². The van der Waals surface area contributed by atoms with Gasteiger partial charge in [0.05, 0.1) is 5.92 Å². The Morgan fingerprint density at radius 2 is 1.71 bits per heavy atom. The third-order valence-corrected chi connectivity index (χ3v) is 7.55. The summed E-state index contributed by atoms with van der Waals surface area (Å²) in [5, 5.41) is 12.2. The predicted molar refractivity (Wildman–Crippen MR) is 128 cm³/mol. The molecule has 0 spiro atoms. The van der Waals surface area contributed by atoms with Crippen molar-refractivity contribution in [2.75, 3.05) is 32.8 Å². The van der Waals surface area contributed by atoms with Crippen LogP contribution in [-0.2, 0) is 19.1 Å². The van der Waals surface area contributed by atoms with Crippen molar-refractivity contribution < 1.29 is 29.0 Å². The van der Waals surface area contributed by atoms with Crippen molar-refractivity contribution in [3.8, 4) is 11.1 Å². The minimum atomic E-state index is -0.881. The average Bonchev–Trinajstić information content (AvgIpc) is 3.57. The lowest BCUT2D eigenvalue weighted by atomic mass is 9.98. The summed E-state index contributed by atoms with van der Waals surface area (Å²) in [6, 6.07) is 16.3. The van der Waals surface area contributed by atoms with Gasteiger partial charge in [-0.1, -0.05) is 55.5 Å². The van der Waals surface area contributed by atoms with Gasteiger partial charge in [0.25, 0.3) is 5.91 Å². The van der Waals surface area contributed by atoms with E-state index in [9.17, 15) is 19.5 Å². The molecular weight excluding hydrogens is 448 g/mol. The first-order valence-electron chi connectivity index (χ1n) is 12.2. The Morgan fingerprint density at radius 3 is 2.34 bits per heavy atom. The second-order valence-electron chi connectivity index (χ2n) is 9.71. The zero-order chi connectivity index (χ0) is 24.5. The molecule has 8 nitrogen and oxygen atoms in total. The maximum absolute atomic E-state index is 13.0. The van der Waals surface area contributed by atoms with Gasteiger partial charge < -0.3 is 24.8 Å². The largest absolute Gasteiger partial charge is 0.481 e. The number of rotatable bonds is 6. The molecule has 4 atom stereocenters. The Kier molecular flexibility index (Phi) is 6.47. The summed E-state index contributed by atoms with van der Waals surface area (Å²) in [6.07, 6.45) is -0.555.